The minimum Gasteiger partial charge on any atom is -0.162 e. The molecule has 0 saturated heterocycles. The number of hydrogen-bond acceptors (Lipinski definition) is 0. The van der Waals surface area contributed by atoms with Crippen LogP contribution in [0.1, 0.15) is 5.56 Å². The van der Waals surface area contributed by atoms with E-state index in [4.69, 9.17) is 22.7 Å². The SMILES string of the molecule is C[Si](C)(Cl)c1ccc(CCl)cc1. The molecule has 0 heterocycles. The van der Waals surface area contributed by atoms with E-state index < -0.39 is 7.38 Å². The van der Waals surface area contributed by atoms with Gasteiger partial charge in [0.2, 0.25) is 0 Å². The average molecular weight is 219 g/mol. The maximum Gasteiger partial charge on any atom is 0.180 e. The van der Waals surface area contributed by atoms with Gasteiger partial charge in [0.05, 0.1) is 0 Å². The molecule has 0 radical (unpaired) electrons. The Morgan fingerprint density at radius 2 is 1.67 bits per heavy atom. The number of halogens is 2. The summed E-state index contributed by atoms with van der Waals surface area (Å²) in [5.41, 5.74) is 1.15. The summed E-state index contributed by atoms with van der Waals surface area (Å²) in [7, 11) is -1.64. The van der Waals surface area contributed by atoms with Crippen LogP contribution in [0.5, 0.6) is 0 Å². The normalized spacial score (nSPS) is 11.7. The Kier molecular flexibility index (Phi) is 3.21. The van der Waals surface area contributed by atoms with Crippen LogP contribution in [0.25, 0.3) is 0 Å². The summed E-state index contributed by atoms with van der Waals surface area (Å²) in [6, 6.07) is 8.24. The highest BCUT2D eigenvalue weighted by atomic mass is 35.6. The Balaban J connectivity index is 2.93. The fraction of sp³-hybridized carbons (Fsp3) is 0.333. The molecule has 1 aromatic rings. The molecule has 0 aromatic heterocycles. The molecule has 0 aliphatic heterocycles. The molecule has 0 atom stereocenters. The Morgan fingerprint density at radius 3 is 2.00 bits per heavy atom. The lowest BCUT2D eigenvalue weighted by Gasteiger charge is -2.13. The van der Waals surface area contributed by atoms with Crippen molar-refractivity contribution in [3.63, 3.8) is 0 Å². The zero-order valence-corrected chi connectivity index (χ0v) is 9.78. The number of alkyl halides is 1. The molecule has 0 aliphatic rings. The van der Waals surface area contributed by atoms with Crippen LogP contribution in [-0.2, 0) is 5.88 Å². The third-order valence-electron chi connectivity index (χ3n) is 1.79. The van der Waals surface area contributed by atoms with Crippen molar-refractivity contribution in [1.82, 2.24) is 0 Å². The predicted molar refractivity (Wildman–Crippen MR) is 59.0 cm³/mol. The van der Waals surface area contributed by atoms with Gasteiger partial charge in [-0.3, -0.25) is 0 Å². The number of hydrogen-bond donors (Lipinski definition) is 0. The summed E-state index contributed by atoms with van der Waals surface area (Å²) in [5.74, 6) is 0.574. The first-order chi connectivity index (χ1) is 5.54. The van der Waals surface area contributed by atoms with Crippen molar-refractivity contribution >= 4 is 35.3 Å². The van der Waals surface area contributed by atoms with Gasteiger partial charge in [0.1, 0.15) is 0 Å². The van der Waals surface area contributed by atoms with E-state index in [1.807, 2.05) is 12.1 Å². The van der Waals surface area contributed by atoms with Gasteiger partial charge in [-0.25, -0.2) is 0 Å². The standard InChI is InChI=1S/C9H12Cl2Si/c1-12(2,11)9-5-3-8(7-10)4-6-9/h3-6H,7H2,1-2H3. The topological polar surface area (TPSA) is 0 Å². The molecule has 0 spiro atoms. The molecule has 0 N–H and O–H groups in total. The zero-order chi connectivity index (χ0) is 9.19. The van der Waals surface area contributed by atoms with E-state index in [1.165, 1.54) is 5.19 Å². The molecule has 0 saturated carbocycles. The molecule has 0 fully saturated rings. The summed E-state index contributed by atoms with van der Waals surface area (Å²) in [5, 5.41) is 1.26. The fourth-order valence-electron chi connectivity index (χ4n) is 0.990. The van der Waals surface area contributed by atoms with Crippen LogP contribution in [0, 0.1) is 0 Å². The molecule has 0 bridgehead atoms. The molecule has 12 heavy (non-hydrogen) atoms. The van der Waals surface area contributed by atoms with Crippen molar-refractivity contribution in [3.05, 3.63) is 29.8 Å². The largest absolute Gasteiger partial charge is 0.180 e. The minimum atomic E-state index is -1.64. The molecule has 1 aromatic carbocycles. The Morgan fingerprint density at radius 1 is 1.17 bits per heavy atom. The van der Waals surface area contributed by atoms with Crippen molar-refractivity contribution in [2.75, 3.05) is 0 Å². The van der Waals surface area contributed by atoms with Gasteiger partial charge >= 0.3 is 0 Å². The molecule has 3 heteroatoms. The monoisotopic (exact) mass is 218 g/mol. The van der Waals surface area contributed by atoms with Crippen molar-refractivity contribution in [3.8, 4) is 0 Å². The van der Waals surface area contributed by atoms with Crippen LogP contribution >= 0.6 is 22.7 Å². The average Bonchev–Trinajstić information content (AvgIpc) is 2.03. The maximum atomic E-state index is 6.26. The van der Waals surface area contributed by atoms with Gasteiger partial charge < -0.3 is 0 Å². The predicted octanol–water partition coefficient (Wildman–Crippen LogP) is 3.08. The molecule has 66 valence electrons. The van der Waals surface area contributed by atoms with Crippen LogP contribution < -0.4 is 5.19 Å². The smallest absolute Gasteiger partial charge is 0.162 e. The van der Waals surface area contributed by atoms with Gasteiger partial charge in [0, 0.05) is 5.88 Å². The van der Waals surface area contributed by atoms with Gasteiger partial charge in [0.15, 0.2) is 7.38 Å². The molecular formula is C9H12Cl2Si. The Labute approximate surface area is 84.2 Å². The minimum absolute atomic E-state index is 0.574. The van der Waals surface area contributed by atoms with E-state index in [1.54, 1.807) is 0 Å². The summed E-state index contributed by atoms with van der Waals surface area (Å²) in [6.07, 6.45) is 0. The summed E-state index contributed by atoms with van der Waals surface area (Å²) in [6.45, 7) is 4.23. The molecule has 0 amide bonds. The quantitative estimate of drug-likeness (QED) is 0.407. The third kappa shape index (κ3) is 2.51. The van der Waals surface area contributed by atoms with Crippen molar-refractivity contribution < 1.29 is 0 Å². The highest BCUT2D eigenvalue weighted by molar-refractivity contribution is 7.26. The van der Waals surface area contributed by atoms with Gasteiger partial charge in [-0.2, -0.15) is 11.1 Å². The van der Waals surface area contributed by atoms with E-state index in [0.717, 1.165) is 5.56 Å². The van der Waals surface area contributed by atoms with E-state index in [2.05, 4.69) is 25.2 Å². The van der Waals surface area contributed by atoms with Crippen LogP contribution in [0.15, 0.2) is 24.3 Å². The lowest BCUT2D eigenvalue weighted by atomic mass is 10.2. The molecule has 0 aliphatic carbocycles. The van der Waals surface area contributed by atoms with Crippen molar-refractivity contribution in [2.24, 2.45) is 0 Å². The van der Waals surface area contributed by atoms with Gasteiger partial charge in [0.25, 0.3) is 0 Å². The first kappa shape index (κ1) is 10.1. The van der Waals surface area contributed by atoms with Gasteiger partial charge in [-0.1, -0.05) is 37.4 Å². The fourth-order valence-corrected chi connectivity index (χ4v) is 2.51. The van der Waals surface area contributed by atoms with Crippen LogP contribution in [0.3, 0.4) is 0 Å². The van der Waals surface area contributed by atoms with Crippen LogP contribution in [0.2, 0.25) is 13.1 Å². The Bertz CT molecular complexity index is 248. The second kappa shape index (κ2) is 3.82. The van der Waals surface area contributed by atoms with E-state index in [-0.39, 0.29) is 0 Å². The van der Waals surface area contributed by atoms with Gasteiger partial charge in [-0.05, 0) is 10.8 Å². The van der Waals surface area contributed by atoms with E-state index in [9.17, 15) is 0 Å². The summed E-state index contributed by atoms with van der Waals surface area (Å²) in [4.78, 5) is 0. The third-order valence-corrected chi connectivity index (χ3v) is 4.46. The second-order valence-corrected chi connectivity index (χ2v) is 9.93. The van der Waals surface area contributed by atoms with Crippen molar-refractivity contribution in [2.45, 2.75) is 19.0 Å². The molecule has 1 rings (SSSR count). The second-order valence-electron chi connectivity index (χ2n) is 3.30. The highest BCUT2D eigenvalue weighted by Crippen LogP contribution is 2.09. The van der Waals surface area contributed by atoms with E-state index >= 15 is 0 Å². The molecule has 0 nitrogen and oxygen atoms in total. The lowest BCUT2D eigenvalue weighted by Crippen LogP contribution is -2.34. The number of rotatable bonds is 2. The van der Waals surface area contributed by atoms with E-state index in [0.29, 0.717) is 5.88 Å². The van der Waals surface area contributed by atoms with Crippen molar-refractivity contribution in [1.29, 1.82) is 0 Å². The highest BCUT2D eigenvalue weighted by Gasteiger charge is 2.19. The molecular weight excluding hydrogens is 207 g/mol. The Hall–Kier alpha value is 0.0169. The lowest BCUT2D eigenvalue weighted by molar-refractivity contribution is 1.41. The van der Waals surface area contributed by atoms with Gasteiger partial charge in [-0.15, -0.1) is 11.6 Å². The van der Waals surface area contributed by atoms with Crippen LogP contribution in [-0.4, -0.2) is 7.38 Å². The first-order valence-electron chi connectivity index (χ1n) is 3.88. The zero-order valence-electron chi connectivity index (χ0n) is 7.27. The first-order valence-corrected chi connectivity index (χ1v) is 8.43. The maximum absolute atomic E-state index is 6.26. The molecule has 0 unspecified atom stereocenters. The van der Waals surface area contributed by atoms with Crippen LogP contribution in [0.4, 0.5) is 0 Å². The number of benzene rings is 1. The summed E-state index contributed by atoms with van der Waals surface area (Å²) < 4.78 is 0. The summed E-state index contributed by atoms with van der Waals surface area (Å²) >= 11 is 11.9.